The highest BCUT2D eigenvalue weighted by Crippen LogP contribution is 2.28. The zero-order chi connectivity index (χ0) is 23.4. The highest BCUT2D eigenvalue weighted by Gasteiger charge is 2.17. The van der Waals surface area contributed by atoms with Crippen molar-refractivity contribution in [3.63, 3.8) is 0 Å². The van der Waals surface area contributed by atoms with Crippen LogP contribution in [0.25, 0.3) is 11.1 Å². The quantitative estimate of drug-likeness (QED) is 0.409. The van der Waals surface area contributed by atoms with Gasteiger partial charge in [0.1, 0.15) is 5.75 Å². The van der Waals surface area contributed by atoms with Crippen LogP contribution in [0.1, 0.15) is 26.3 Å². The lowest BCUT2D eigenvalue weighted by Crippen LogP contribution is -2.26. The topological polar surface area (TPSA) is 69.6 Å². The van der Waals surface area contributed by atoms with Gasteiger partial charge in [0.2, 0.25) is 0 Å². The predicted molar refractivity (Wildman–Crippen MR) is 132 cm³/mol. The lowest BCUT2D eigenvalue weighted by Gasteiger charge is -2.18. The maximum Gasteiger partial charge on any atom is 0.258 e. The first kappa shape index (κ1) is 21.8. The fraction of sp³-hybridized carbons (Fsp3) is 0.0714. The molecule has 0 radical (unpaired) electrons. The van der Waals surface area contributed by atoms with Crippen LogP contribution in [0, 0.1) is 6.92 Å². The van der Waals surface area contributed by atoms with E-state index in [0.29, 0.717) is 22.5 Å². The average molecular weight is 437 g/mol. The third-order valence-corrected chi connectivity index (χ3v) is 5.54. The zero-order valence-electron chi connectivity index (χ0n) is 18.4. The Kier molecular flexibility index (Phi) is 6.22. The van der Waals surface area contributed by atoms with Crippen molar-refractivity contribution < 1.29 is 14.7 Å². The van der Waals surface area contributed by atoms with Crippen LogP contribution in [0.3, 0.4) is 0 Å². The fourth-order valence-electron chi connectivity index (χ4n) is 3.74. The van der Waals surface area contributed by atoms with Gasteiger partial charge in [-0.3, -0.25) is 9.59 Å². The van der Waals surface area contributed by atoms with Crippen LogP contribution < -0.4 is 10.2 Å². The first-order chi connectivity index (χ1) is 16.0. The minimum Gasteiger partial charge on any atom is -0.506 e. The van der Waals surface area contributed by atoms with Gasteiger partial charge in [-0.25, -0.2) is 0 Å². The van der Waals surface area contributed by atoms with E-state index in [9.17, 15) is 14.7 Å². The number of nitrogens with one attached hydrogen (secondary N) is 1. The summed E-state index contributed by atoms with van der Waals surface area (Å²) in [7, 11) is 1.61. The molecule has 0 heterocycles. The average Bonchev–Trinajstić information content (AvgIpc) is 2.84. The molecule has 4 rings (SSSR count). The summed E-state index contributed by atoms with van der Waals surface area (Å²) in [5.74, 6) is -0.455. The molecule has 0 unspecified atom stereocenters. The smallest absolute Gasteiger partial charge is 0.258 e. The monoisotopic (exact) mass is 436 g/mol. The fourth-order valence-corrected chi connectivity index (χ4v) is 3.74. The summed E-state index contributed by atoms with van der Waals surface area (Å²) < 4.78 is 0. The number of amides is 2. The van der Waals surface area contributed by atoms with Gasteiger partial charge in [0.15, 0.2) is 0 Å². The molecule has 4 aromatic rings. The summed E-state index contributed by atoms with van der Waals surface area (Å²) in [5.41, 5.74) is 4.99. The van der Waals surface area contributed by atoms with Crippen molar-refractivity contribution in [3.05, 3.63) is 114 Å². The molecule has 0 atom stereocenters. The van der Waals surface area contributed by atoms with Gasteiger partial charge < -0.3 is 15.3 Å². The SMILES string of the molecule is Cc1ccccc1-c1ccccc1C(=O)Nc1ccc(C(=O)N(C)c2ccccc2O)cc1. The van der Waals surface area contributed by atoms with Crippen molar-refractivity contribution in [1.82, 2.24) is 0 Å². The van der Waals surface area contributed by atoms with Crippen molar-refractivity contribution in [1.29, 1.82) is 0 Å². The molecule has 5 nitrogen and oxygen atoms in total. The number of carbonyl (C=O) groups excluding carboxylic acids is 2. The molecule has 0 aliphatic rings. The van der Waals surface area contributed by atoms with E-state index in [0.717, 1.165) is 16.7 Å². The van der Waals surface area contributed by atoms with Crippen LogP contribution in [-0.2, 0) is 0 Å². The van der Waals surface area contributed by atoms with Crippen LogP contribution >= 0.6 is 0 Å². The number of para-hydroxylation sites is 2. The number of hydrogen-bond donors (Lipinski definition) is 2. The van der Waals surface area contributed by atoms with E-state index in [1.54, 1.807) is 55.6 Å². The molecule has 4 aromatic carbocycles. The van der Waals surface area contributed by atoms with E-state index in [2.05, 4.69) is 5.32 Å². The molecule has 0 aliphatic heterocycles. The normalized spacial score (nSPS) is 10.5. The highest BCUT2D eigenvalue weighted by atomic mass is 16.3. The second-order valence-electron chi connectivity index (χ2n) is 7.74. The van der Waals surface area contributed by atoms with Crippen LogP contribution in [0.5, 0.6) is 5.75 Å². The Labute approximate surface area is 192 Å². The summed E-state index contributed by atoms with van der Waals surface area (Å²) in [4.78, 5) is 27.3. The molecular weight excluding hydrogens is 412 g/mol. The van der Waals surface area contributed by atoms with Gasteiger partial charge in [-0.2, -0.15) is 0 Å². The van der Waals surface area contributed by atoms with E-state index >= 15 is 0 Å². The summed E-state index contributed by atoms with van der Waals surface area (Å²) in [5, 5.41) is 12.9. The zero-order valence-corrected chi connectivity index (χ0v) is 18.4. The van der Waals surface area contributed by atoms with Gasteiger partial charge in [-0.15, -0.1) is 0 Å². The van der Waals surface area contributed by atoms with Gasteiger partial charge in [-0.1, -0.05) is 54.6 Å². The Morgan fingerprint density at radius 3 is 2.06 bits per heavy atom. The number of benzene rings is 4. The van der Waals surface area contributed by atoms with Gasteiger partial charge in [0.25, 0.3) is 11.8 Å². The summed E-state index contributed by atoms with van der Waals surface area (Å²) >= 11 is 0. The van der Waals surface area contributed by atoms with Crippen LogP contribution in [-0.4, -0.2) is 24.0 Å². The molecule has 0 aromatic heterocycles. The minimum absolute atomic E-state index is 0.0320. The number of hydrogen-bond acceptors (Lipinski definition) is 3. The summed E-state index contributed by atoms with van der Waals surface area (Å²) in [6, 6.07) is 28.8. The first-order valence-electron chi connectivity index (χ1n) is 10.6. The Bertz CT molecular complexity index is 1310. The summed E-state index contributed by atoms with van der Waals surface area (Å²) in [6.45, 7) is 2.02. The number of aryl methyl sites for hydroxylation is 1. The summed E-state index contributed by atoms with van der Waals surface area (Å²) in [6.07, 6.45) is 0. The van der Waals surface area contributed by atoms with Crippen molar-refractivity contribution >= 4 is 23.2 Å². The molecule has 0 saturated heterocycles. The van der Waals surface area contributed by atoms with Gasteiger partial charge >= 0.3 is 0 Å². The maximum atomic E-state index is 13.1. The van der Waals surface area contributed by atoms with Crippen molar-refractivity contribution in [2.75, 3.05) is 17.3 Å². The Balaban J connectivity index is 1.53. The number of phenols is 1. The molecule has 2 N–H and O–H groups in total. The molecule has 0 saturated carbocycles. The molecular formula is C28H24N2O3. The predicted octanol–water partition coefficient (Wildman–Crippen LogP) is 5.90. The number of rotatable bonds is 5. The maximum absolute atomic E-state index is 13.1. The van der Waals surface area contributed by atoms with Crippen molar-refractivity contribution in [2.24, 2.45) is 0 Å². The molecule has 5 heteroatoms. The van der Waals surface area contributed by atoms with Crippen LogP contribution in [0.2, 0.25) is 0 Å². The van der Waals surface area contributed by atoms with E-state index < -0.39 is 0 Å². The van der Waals surface area contributed by atoms with Crippen LogP contribution in [0.4, 0.5) is 11.4 Å². The Morgan fingerprint density at radius 1 is 0.758 bits per heavy atom. The Hall–Kier alpha value is -4.38. The first-order valence-corrected chi connectivity index (χ1v) is 10.6. The van der Waals surface area contributed by atoms with Gasteiger partial charge in [0, 0.05) is 23.9 Å². The van der Waals surface area contributed by atoms with Crippen LogP contribution in [0.15, 0.2) is 97.1 Å². The third-order valence-electron chi connectivity index (χ3n) is 5.54. The number of aromatic hydroxyl groups is 1. The van der Waals surface area contributed by atoms with E-state index in [1.807, 2.05) is 49.4 Å². The molecule has 0 bridgehead atoms. The van der Waals surface area contributed by atoms with Gasteiger partial charge in [0.05, 0.1) is 5.69 Å². The lowest BCUT2D eigenvalue weighted by atomic mass is 9.95. The van der Waals surface area contributed by atoms with Crippen molar-refractivity contribution in [3.8, 4) is 16.9 Å². The molecule has 2 amide bonds. The van der Waals surface area contributed by atoms with Crippen molar-refractivity contribution in [2.45, 2.75) is 6.92 Å². The number of carbonyl (C=O) groups is 2. The molecule has 164 valence electrons. The van der Waals surface area contributed by atoms with Gasteiger partial charge in [-0.05, 0) is 66.1 Å². The number of anilines is 2. The molecule has 0 aliphatic carbocycles. The highest BCUT2D eigenvalue weighted by molar-refractivity contribution is 6.10. The number of nitrogens with zero attached hydrogens (tertiary/aromatic N) is 1. The largest absolute Gasteiger partial charge is 0.506 e. The van der Waals surface area contributed by atoms with E-state index in [-0.39, 0.29) is 17.6 Å². The van der Waals surface area contributed by atoms with E-state index in [4.69, 9.17) is 0 Å². The second-order valence-corrected chi connectivity index (χ2v) is 7.74. The molecule has 0 spiro atoms. The lowest BCUT2D eigenvalue weighted by molar-refractivity contribution is 0.0991. The standard InChI is InChI=1S/C28H24N2O3/c1-19-9-3-4-10-22(19)23-11-5-6-12-24(23)27(32)29-21-17-15-20(16-18-21)28(33)30(2)25-13-7-8-14-26(25)31/h3-18,31H,1-2H3,(H,29,32). The minimum atomic E-state index is -0.265. The number of phenolic OH excluding ortho intramolecular Hbond substituents is 1. The molecule has 33 heavy (non-hydrogen) atoms. The Morgan fingerprint density at radius 2 is 1.36 bits per heavy atom. The van der Waals surface area contributed by atoms with E-state index in [1.165, 1.54) is 11.0 Å². The third kappa shape index (κ3) is 4.62. The molecule has 0 fully saturated rings. The second kappa shape index (κ2) is 9.40.